The quantitative estimate of drug-likeness (QED) is 0.190. The lowest BCUT2D eigenvalue weighted by Gasteiger charge is -2.15. The topological polar surface area (TPSA) is 83.5 Å². The Kier molecular flexibility index (Phi) is 22.2. The van der Waals surface area contributed by atoms with E-state index in [1.165, 1.54) is 62.0 Å². The van der Waals surface area contributed by atoms with E-state index in [0.717, 1.165) is 19.3 Å². The number of carboxylic acid groups (broad SMARTS) is 1. The summed E-state index contributed by atoms with van der Waals surface area (Å²) >= 11 is 11.3. The molecule has 1 atom stereocenters. The highest BCUT2D eigenvalue weighted by Gasteiger charge is 2.40. The maximum absolute atomic E-state index is 12.1. The zero-order chi connectivity index (χ0) is 24.1. The molecule has 0 aliphatic carbocycles. The van der Waals surface area contributed by atoms with Crippen LogP contribution in [0.2, 0.25) is 0 Å². The smallest absolute Gasteiger partial charge is 0.471 e. The molecule has 0 aromatic rings. The molecule has 184 valence electrons. The van der Waals surface area contributed by atoms with Crippen molar-refractivity contribution in [2.24, 2.45) is 0 Å². The molecule has 0 unspecified atom stereocenters. The standard InChI is InChI=1S/C17H30F3NO3S.C3H4Cl2O/c1-2-3-4-5-6-7-8-9-10-11-12-25-13-14(15(22)23)21-16(24)17(18,19)20;4-1-3(6)2-5/h14H,2-13H2,1H3,(H,21,24)(H,22,23);1-2H2/t14-;/m0./s1. The lowest BCUT2D eigenvalue weighted by atomic mass is 10.1. The van der Waals surface area contributed by atoms with Crippen molar-refractivity contribution in [2.75, 3.05) is 23.3 Å². The van der Waals surface area contributed by atoms with Crippen molar-refractivity contribution in [1.82, 2.24) is 5.32 Å². The molecular formula is C20H34Cl2F3NO4S. The van der Waals surface area contributed by atoms with E-state index in [0.29, 0.717) is 5.75 Å². The number of unbranched alkanes of at least 4 members (excludes halogenated alkanes) is 9. The zero-order valence-electron chi connectivity index (χ0n) is 17.9. The molecule has 0 radical (unpaired) electrons. The molecule has 0 fully saturated rings. The Morgan fingerprint density at radius 2 is 1.35 bits per heavy atom. The summed E-state index contributed by atoms with van der Waals surface area (Å²) in [5.41, 5.74) is 0. The molecule has 2 N–H and O–H groups in total. The van der Waals surface area contributed by atoms with Gasteiger partial charge in [-0.3, -0.25) is 9.59 Å². The largest absolute Gasteiger partial charge is 0.480 e. The third-order valence-electron chi connectivity index (χ3n) is 4.09. The first-order chi connectivity index (χ1) is 14.6. The fourth-order valence-electron chi connectivity index (χ4n) is 2.34. The van der Waals surface area contributed by atoms with Crippen LogP contribution in [0.25, 0.3) is 0 Å². The summed E-state index contributed by atoms with van der Waals surface area (Å²) in [5.74, 6) is -3.10. The average Bonchev–Trinajstić information content (AvgIpc) is 2.72. The number of hydrogen-bond acceptors (Lipinski definition) is 4. The van der Waals surface area contributed by atoms with E-state index in [9.17, 15) is 27.6 Å². The molecule has 0 aromatic carbocycles. The van der Waals surface area contributed by atoms with Crippen LogP contribution in [0.1, 0.15) is 71.1 Å². The number of hydrogen-bond donors (Lipinski definition) is 2. The minimum Gasteiger partial charge on any atom is -0.480 e. The summed E-state index contributed by atoms with van der Waals surface area (Å²) in [5, 5.41) is 10.4. The molecular weight excluding hydrogens is 478 g/mol. The Balaban J connectivity index is 0. The van der Waals surface area contributed by atoms with Crippen LogP contribution < -0.4 is 5.32 Å². The van der Waals surface area contributed by atoms with Crippen LogP contribution >= 0.6 is 35.0 Å². The van der Waals surface area contributed by atoms with Gasteiger partial charge in [0.25, 0.3) is 0 Å². The molecule has 0 aromatic heterocycles. The van der Waals surface area contributed by atoms with Crippen molar-refractivity contribution in [3.8, 4) is 0 Å². The molecule has 0 saturated heterocycles. The molecule has 31 heavy (non-hydrogen) atoms. The fraction of sp³-hybridized carbons (Fsp3) is 0.850. The maximum Gasteiger partial charge on any atom is 0.471 e. The predicted octanol–water partition coefficient (Wildman–Crippen LogP) is 5.81. The number of carbonyl (C=O) groups is 3. The molecule has 0 heterocycles. The first kappa shape index (κ1) is 32.5. The Morgan fingerprint density at radius 3 is 1.71 bits per heavy atom. The summed E-state index contributed by atoms with van der Waals surface area (Å²) in [4.78, 5) is 31.6. The molecule has 1 amide bonds. The monoisotopic (exact) mass is 511 g/mol. The maximum atomic E-state index is 12.1. The van der Waals surface area contributed by atoms with E-state index in [1.54, 1.807) is 0 Å². The molecule has 0 aliphatic heterocycles. The summed E-state index contributed by atoms with van der Waals surface area (Å²) in [7, 11) is 0. The highest BCUT2D eigenvalue weighted by Crippen LogP contribution is 2.16. The van der Waals surface area contributed by atoms with E-state index in [1.807, 2.05) is 0 Å². The SMILES string of the molecule is CCCCCCCCCCCCSC[C@H](NC(=O)C(F)(F)F)C(=O)O.O=C(CCl)CCl. The number of amides is 1. The second-order valence-electron chi connectivity index (χ2n) is 6.92. The van der Waals surface area contributed by atoms with Gasteiger partial charge in [0.15, 0.2) is 5.78 Å². The number of nitrogens with one attached hydrogen (secondary N) is 1. The van der Waals surface area contributed by atoms with Crippen LogP contribution in [-0.4, -0.2) is 58.3 Å². The van der Waals surface area contributed by atoms with Crippen LogP contribution in [0.15, 0.2) is 0 Å². The zero-order valence-corrected chi connectivity index (χ0v) is 20.3. The third-order valence-corrected chi connectivity index (χ3v) is 5.83. The number of Topliss-reactive ketones (excluding diaryl/α,β-unsaturated/α-hetero) is 1. The van der Waals surface area contributed by atoms with Crippen LogP contribution in [-0.2, 0) is 14.4 Å². The first-order valence-electron chi connectivity index (χ1n) is 10.4. The fourth-order valence-corrected chi connectivity index (χ4v) is 3.67. The highest BCUT2D eigenvalue weighted by molar-refractivity contribution is 7.99. The molecule has 0 spiro atoms. The van der Waals surface area contributed by atoms with Gasteiger partial charge in [0.2, 0.25) is 0 Å². The van der Waals surface area contributed by atoms with Crippen LogP contribution in [0.5, 0.6) is 0 Å². The van der Waals surface area contributed by atoms with Gasteiger partial charge >= 0.3 is 18.1 Å². The second kappa shape index (κ2) is 21.2. The van der Waals surface area contributed by atoms with Gasteiger partial charge in [-0.2, -0.15) is 24.9 Å². The van der Waals surface area contributed by atoms with Crippen LogP contribution in [0, 0.1) is 0 Å². The van der Waals surface area contributed by atoms with Crippen molar-refractivity contribution in [3.63, 3.8) is 0 Å². The van der Waals surface area contributed by atoms with Crippen molar-refractivity contribution in [2.45, 2.75) is 83.4 Å². The Bertz CT molecular complexity index is 492. The summed E-state index contributed by atoms with van der Waals surface area (Å²) in [6.07, 6.45) is 6.86. The van der Waals surface area contributed by atoms with Crippen molar-refractivity contribution >= 4 is 52.6 Å². The van der Waals surface area contributed by atoms with Gasteiger partial charge in [-0.05, 0) is 12.2 Å². The summed E-state index contributed by atoms with van der Waals surface area (Å²) in [6.45, 7) is 2.20. The minimum atomic E-state index is -5.06. The van der Waals surface area contributed by atoms with Gasteiger partial charge in [0.05, 0.1) is 11.8 Å². The Hall–Kier alpha value is -0.670. The number of ketones is 1. The number of thioether (sulfide) groups is 1. The minimum absolute atomic E-state index is 0.0312. The van der Waals surface area contributed by atoms with Gasteiger partial charge in [-0.1, -0.05) is 64.7 Å². The molecule has 0 aliphatic rings. The van der Waals surface area contributed by atoms with Gasteiger partial charge in [-0.15, -0.1) is 23.2 Å². The van der Waals surface area contributed by atoms with E-state index < -0.39 is 24.1 Å². The second-order valence-corrected chi connectivity index (χ2v) is 8.61. The first-order valence-corrected chi connectivity index (χ1v) is 12.6. The van der Waals surface area contributed by atoms with E-state index in [2.05, 4.69) is 6.92 Å². The van der Waals surface area contributed by atoms with Crippen molar-refractivity contribution in [3.05, 3.63) is 0 Å². The van der Waals surface area contributed by atoms with Gasteiger partial charge in [0, 0.05) is 5.75 Å². The van der Waals surface area contributed by atoms with Gasteiger partial charge < -0.3 is 10.4 Å². The van der Waals surface area contributed by atoms with Crippen LogP contribution in [0.3, 0.4) is 0 Å². The molecule has 0 saturated carbocycles. The lowest BCUT2D eigenvalue weighted by Crippen LogP contribution is -2.48. The number of alkyl halides is 5. The highest BCUT2D eigenvalue weighted by atomic mass is 35.5. The number of rotatable bonds is 17. The van der Waals surface area contributed by atoms with Crippen LogP contribution in [0.4, 0.5) is 13.2 Å². The van der Waals surface area contributed by atoms with E-state index >= 15 is 0 Å². The normalized spacial score (nSPS) is 11.9. The lowest BCUT2D eigenvalue weighted by molar-refractivity contribution is -0.175. The van der Waals surface area contributed by atoms with Crippen molar-refractivity contribution in [1.29, 1.82) is 0 Å². The molecule has 11 heteroatoms. The Labute approximate surface area is 197 Å². The average molecular weight is 512 g/mol. The number of carboxylic acids is 1. The molecule has 0 bridgehead atoms. The van der Waals surface area contributed by atoms with Gasteiger partial charge in [0.1, 0.15) is 6.04 Å². The number of carbonyl (C=O) groups excluding carboxylic acids is 2. The third kappa shape index (κ3) is 22.3. The summed E-state index contributed by atoms with van der Waals surface area (Å²) in [6, 6.07) is -1.51. The van der Waals surface area contributed by atoms with E-state index in [-0.39, 0.29) is 23.3 Å². The summed E-state index contributed by atoms with van der Waals surface area (Å²) < 4.78 is 36.4. The van der Waals surface area contributed by atoms with Crippen molar-refractivity contribution < 1.29 is 32.7 Å². The number of aliphatic carboxylic acids is 1. The predicted molar refractivity (Wildman–Crippen MR) is 121 cm³/mol. The van der Waals surface area contributed by atoms with E-state index in [4.69, 9.17) is 28.3 Å². The molecule has 5 nitrogen and oxygen atoms in total. The number of halogens is 5. The molecule has 0 rings (SSSR count). The Morgan fingerprint density at radius 1 is 0.903 bits per heavy atom. The van der Waals surface area contributed by atoms with Gasteiger partial charge in [-0.25, -0.2) is 4.79 Å².